The second kappa shape index (κ2) is 26.4. The van der Waals surface area contributed by atoms with Crippen LogP contribution >= 0.6 is 0 Å². The van der Waals surface area contributed by atoms with Gasteiger partial charge in [-0.25, -0.2) is 0 Å². The number of carbonyl (C=O) groups is 4. The molecule has 7 aliphatic heterocycles. The maximum absolute atomic E-state index is 15.9. The predicted molar refractivity (Wildman–Crippen MR) is 364 cm³/mol. The number of hydrogen-bond donors (Lipinski definition) is 14. The maximum atomic E-state index is 15.9. The number of para-hydroxylation sites is 1. The van der Waals surface area contributed by atoms with Crippen molar-refractivity contribution in [2.24, 2.45) is 28.7 Å². The summed E-state index contributed by atoms with van der Waals surface area (Å²) in [6.45, 7) is -0.606. The van der Waals surface area contributed by atoms with E-state index in [1.165, 1.54) is 12.1 Å². The van der Waals surface area contributed by atoms with Crippen LogP contribution in [-0.4, -0.2) is 179 Å². The molecule has 0 aromatic heterocycles. The van der Waals surface area contributed by atoms with Crippen molar-refractivity contribution in [3.8, 4) is 23.3 Å². The van der Waals surface area contributed by atoms with E-state index >= 15 is 9.59 Å². The molecule has 9 bridgehead atoms. The highest BCUT2D eigenvalue weighted by molar-refractivity contribution is 6.29. The molecular formula is C76H89N9O15. The normalized spacial score (nSPS) is 33.6. The van der Waals surface area contributed by atoms with Crippen LogP contribution < -0.4 is 57.7 Å². The molecule has 5 aliphatic carbocycles. The molecule has 5 fully saturated rings. The SMILES string of the molecule is CNCc1cc2cc3c1CC1=CC(NC4CCCC4)C4=C(N)NCC=C4C1(COC1C4Oc5c(cc6c(c5OCC(O)CC=O)C(=O)c5cc(CO)ccc5C6=O)C(c5ccccc5N5CNC6C(=O)NC(N)NC65)C5CCC(O)C(C#CC(O)(C1O)C(O4)C1(CCCC1)OC5)C2)C(O)C3. The molecule has 7 heterocycles. The zero-order valence-corrected chi connectivity index (χ0v) is 56.0. The van der Waals surface area contributed by atoms with Crippen LogP contribution in [0.25, 0.3) is 0 Å². The zero-order chi connectivity index (χ0) is 69.1. The minimum Gasteiger partial charge on any atom is -0.486 e. The van der Waals surface area contributed by atoms with Gasteiger partial charge < -0.3 is 91.0 Å². The number of ketones is 2. The van der Waals surface area contributed by atoms with Crippen LogP contribution in [0.1, 0.15) is 147 Å². The Morgan fingerprint density at radius 1 is 0.950 bits per heavy atom. The number of fused-ring (bicyclic) bond motifs is 13. The molecule has 12 aliphatic rings. The summed E-state index contributed by atoms with van der Waals surface area (Å²) >= 11 is 0. The summed E-state index contributed by atoms with van der Waals surface area (Å²) < 4.78 is 37.3. The van der Waals surface area contributed by atoms with Crippen LogP contribution in [-0.2, 0) is 56.2 Å². The van der Waals surface area contributed by atoms with Gasteiger partial charge in [0, 0.05) is 65.0 Å². The van der Waals surface area contributed by atoms with Crippen molar-refractivity contribution >= 4 is 29.4 Å². The number of hydrogen-bond acceptors (Lipinski definition) is 23. The van der Waals surface area contributed by atoms with Crippen molar-refractivity contribution < 1.29 is 73.5 Å². The molecule has 16 unspecified atom stereocenters. The quantitative estimate of drug-likeness (QED) is 0.0480. The zero-order valence-electron chi connectivity index (χ0n) is 56.0. The Bertz CT molecular complexity index is 4140. The van der Waals surface area contributed by atoms with E-state index in [0.717, 1.165) is 64.7 Å². The Morgan fingerprint density at radius 2 is 1.77 bits per heavy atom. The number of nitrogens with two attached hydrogens (primary N) is 2. The molecule has 16 atom stereocenters. The molecule has 100 heavy (non-hydrogen) atoms. The lowest BCUT2D eigenvalue weighted by atomic mass is 9.61. The average Bonchev–Trinajstić information content (AvgIpc) is 1.24. The van der Waals surface area contributed by atoms with Crippen LogP contribution in [0.5, 0.6) is 11.5 Å². The van der Waals surface area contributed by atoms with E-state index in [0.29, 0.717) is 74.1 Å². The molecule has 16 rings (SSSR count). The number of amides is 1. The molecule has 2 spiro atoms. The van der Waals surface area contributed by atoms with E-state index in [-0.39, 0.29) is 103 Å². The number of rotatable bonds is 12. The number of carbonyl (C=O) groups excluding carboxylic acids is 4. The number of anilines is 1. The van der Waals surface area contributed by atoms with Crippen LogP contribution in [0.2, 0.25) is 0 Å². The molecule has 1 amide bonds. The molecule has 2 saturated carbocycles. The van der Waals surface area contributed by atoms with Crippen LogP contribution in [0.15, 0.2) is 95.4 Å². The lowest BCUT2D eigenvalue weighted by molar-refractivity contribution is -0.337. The van der Waals surface area contributed by atoms with E-state index in [9.17, 15) is 40.2 Å². The van der Waals surface area contributed by atoms with Gasteiger partial charge in [-0.15, -0.1) is 0 Å². The Labute approximate surface area is 579 Å². The Kier molecular flexibility index (Phi) is 17.7. The highest BCUT2D eigenvalue weighted by atomic mass is 16.7. The first-order chi connectivity index (χ1) is 48.4. The van der Waals surface area contributed by atoms with Crippen LogP contribution in [0.4, 0.5) is 5.69 Å². The first-order valence-electron chi connectivity index (χ1n) is 35.7. The third-order valence-electron chi connectivity index (χ3n) is 23.8. The molecule has 0 radical (unpaired) electrons. The summed E-state index contributed by atoms with van der Waals surface area (Å²) in [7, 11) is 1.90. The molecule has 528 valence electrons. The third kappa shape index (κ3) is 11.1. The number of aldehydes is 1. The van der Waals surface area contributed by atoms with E-state index < -0.39 is 127 Å². The maximum Gasteiger partial charge on any atom is 0.242 e. The van der Waals surface area contributed by atoms with Crippen molar-refractivity contribution in [2.45, 2.75) is 194 Å². The van der Waals surface area contributed by atoms with Gasteiger partial charge in [0.05, 0.1) is 73.3 Å². The van der Waals surface area contributed by atoms with E-state index in [1.807, 2.05) is 36.2 Å². The summed E-state index contributed by atoms with van der Waals surface area (Å²) in [5.74, 6) is 2.26. The molecule has 24 heteroatoms. The van der Waals surface area contributed by atoms with E-state index in [4.69, 9.17) is 35.2 Å². The summed E-state index contributed by atoms with van der Waals surface area (Å²) in [6, 6.07) is 17.0. The van der Waals surface area contributed by atoms with Gasteiger partial charge in [0.1, 0.15) is 55.5 Å². The molecule has 16 N–H and O–H groups in total. The smallest absolute Gasteiger partial charge is 0.242 e. The molecule has 4 aromatic rings. The molecule has 3 saturated heterocycles. The highest BCUT2D eigenvalue weighted by Gasteiger charge is 2.66. The number of ether oxygens (including phenoxy) is 5. The molecular weight excluding hydrogens is 1280 g/mol. The lowest BCUT2D eigenvalue weighted by Crippen LogP contribution is -2.72. The minimum absolute atomic E-state index is 0.0432. The minimum atomic E-state index is -2.57. The summed E-state index contributed by atoms with van der Waals surface area (Å²) in [4.78, 5) is 59.7. The highest BCUT2D eigenvalue weighted by Crippen LogP contribution is 2.58. The van der Waals surface area contributed by atoms with Gasteiger partial charge in [-0.2, -0.15) is 0 Å². The predicted octanol–water partition coefficient (Wildman–Crippen LogP) is 1.72. The summed E-state index contributed by atoms with van der Waals surface area (Å²) in [6.07, 6.45) is -1.40. The van der Waals surface area contributed by atoms with Gasteiger partial charge in [0.2, 0.25) is 12.2 Å². The summed E-state index contributed by atoms with van der Waals surface area (Å²) in [5.41, 5.74) is 15.8. The van der Waals surface area contributed by atoms with Gasteiger partial charge in [-0.1, -0.05) is 91.6 Å². The second-order valence-corrected chi connectivity index (χ2v) is 29.6. The van der Waals surface area contributed by atoms with E-state index in [2.05, 4.69) is 68.0 Å². The van der Waals surface area contributed by atoms with Crippen LogP contribution in [0.3, 0.4) is 0 Å². The van der Waals surface area contributed by atoms with Gasteiger partial charge in [0.15, 0.2) is 28.7 Å². The first kappa shape index (κ1) is 67.1. The fraction of sp³-hybridized carbons (Fsp3) is 0.526. The summed E-state index contributed by atoms with van der Waals surface area (Å²) in [5, 5.41) is 97.9. The Hall–Kier alpha value is -7.42. The number of nitrogens with one attached hydrogen (secondary N) is 6. The van der Waals surface area contributed by atoms with Crippen molar-refractivity contribution in [2.75, 3.05) is 45.0 Å². The number of nitrogens with zero attached hydrogens (tertiary/aromatic N) is 1. The number of dihydropyridines is 1. The van der Waals surface area contributed by atoms with Gasteiger partial charge in [-0.3, -0.25) is 30.8 Å². The fourth-order valence-electron chi connectivity index (χ4n) is 18.9. The number of aliphatic hydroxyl groups is 6. The first-order valence-corrected chi connectivity index (χ1v) is 35.7. The van der Waals surface area contributed by atoms with Crippen LogP contribution in [0, 0.1) is 29.1 Å². The number of benzene rings is 4. The lowest BCUT2D eigenvalue weighted by Gasteiger charge is -2.54. The topological polar surface area (TPSA) is 363 Å². The van der Waals surface area contributed by atoms with Crippen molar-refractivity contribution in [1.82, 2.24) is 31.9 Å². The average molecular weight is 1370 g/mol. The Balaban J connectivity index is 0.979. The fourth-order valence-corrected chi connectivity index (χ4v) is 18.9. The third-order valence-corrected chi connectivity index (χ3v) is 23.8. The van der Waals surface area contributed by atoms with Crippen molar-refractivity contribution in [3.63, 3.8) is 0 Å². The number of aliphatic hydroxyl groups excluding tert-OH is 5. The van der Waals surface area contributed by atoms with E-state index in [1.54, 1.807) is 12.1 Å². The van der Waals surface area contributed by atoms with Gasteiger partial charge >= 0.3 is 0 Å². The van der Waals surface area contributed by atoms with Gasteiger partial charge in [-0.05, 0) is 134 Å². The Morgan fingerprint density at radius 3 is 2.57 bits per heavy atom. The second-order valence-electron chi connectivity index (χ2n) is 29.6. The molecule has 4 aromatic carbocycles. The monoisotopic (exact) mass is 1370 g/mol. The largest absolute Gasteiger partial charge is 0.486 e. The standard InChI is InChI=1S/C76H89N9O15/c1-79-32-43-26-39-24-40-16-21-76(95)67(93)66(97-36-75-44(29-49(43)42(25-39)28-57(75)90)30-54(82-45-8-2-3-9-45)60-53(75)17-22-80-68(60)77)71-99-64-52(31-51-59(65(64)96-35-46(88)18-23-86)63(92)50-27-38(33-87)12-14-47(50)62(51)91)58(41(13-15-56(40)89)34-98-74(72(76)100-71)19-6-7-20-74)48-10-4-5-11-55(48)85-37-81-61-69(85)83-73(78)84-70(61)94/h4-5,10-12,14,17,23,25-27,30-31,40-41,45-46,54,56-58,61,66-67,69,71-73,79-83,87-90,93,95H,2-3,6-9,13,15,18-20,22,24,28-29,32-37,77-78H2,1H3,(H,84,94). The van der Waals surface area contributed by atoms with Gasteiger partial charge in [0.25, 0.3) is 0 Å². The molecule has 24 nitrogen and oxygen atoms in total. The van der Waals surface area contributed by atoms with Crippen molar-refractivity contribution in [3.05, 3.63) is 157 Å². The van der Waals surface area contributed by atoms with Crippen molar-refractivity contribution in [1.29, 1.82) is 0 Å².